The van der Waals surface area contributed by atoms with Gasteiger partial charge in [-0.3, -0.25) is 4.99 Å². The lowest BCUT2D eigenvalue weighted by Crippen LogP contribution is -2.74. The average molecular weight is 471 g/mol. The standard InChI is InChI=1S/C24H20B.C9H16N2/c1-5-13-21(14-6-1)25(22-15-7-2-8-16-22,23-17-9-3-10-18-23)24-19-11-4-12-20-24;1-2-5-9-10-6-4-8-11(9)7-3-1/h1-20H;1-8H2/q-1;. The van der Waals surface area contributed by atoms with Crippen molar-refractivity contribution in [2.75, 3.05) is 19.6 Å². The molecule has 4 aromatic rings. The van der Waals surface area contributed by atoms with Crippen LogP contribution in [0.25, 0.3) is 0 Å². The van der Waals surface area contributed by atoms with Gasteiger partial charge in [-0.2, -0.15) is 21.9 Å². The lowest BCUT2D eigenvalue weighted by molar-refractivity contribution is 0.391. The predicted molar refractivity (Wildman–Crippen MR) is 157 cm³/mol. The van der Waals surface area contributed by atoms with Crippen LogP contribution in [0.2, 0.25) is 0 Å². The van der Waals surface area contributed by atoms with E-state index in [-0.39, 0.29) is 0 Å². The van der Waals surface area contributed by atoms with Crippen LogP contribution in [0.15, 0.2) is 126 Å². The summed E-state index contributed by atoms with van der Waals surface area (Å²) in [5.41, 5.74) is 5.36. The summed E-state index contributed by atoms with van der Waals surface area (Å²) in [4.78, 5) is 7.04. The molecule has 0 bridgehead atoms. The molecule has 2 heterocycles. The van der Waals surface area contributed by atoms with Crippen molar-refractivity contribution >= 4 is 33.8 Å². The van der Waals surface area contributed by atoms with Crippen molar-refractivity contribution in [3.8, 4) is 0 Å². The van der Waals surface area contributed by atoms with E-state index >= 15 is 0 Å². The highest BCUT2D eigenvalue weighted by Gasteiger charge is 2.31. The first-order chi connectivity index (χ1) is 17.9. The summed E-state index contributed by atoms with van der Waals surface area (Å²) in [7, 11) is 0. The number of rotatable bonds is 4. The van der Waals surface area contributed by atoms with Gasteiger partial charge in [0, 0.05) is 26.1 Å². The maximum absolute atomic E-state index is 4.55. The van der Waals surface area contributed by atoms with Crippen LogP contribution in [0.1, 0.15) is 32.1 Å². The Hall–Kier alpha value is -3.59. The number of fused-ring (bicyclic) bond motifs is 1. The molecule has 0 saturated carbocycles. The van der Waals surface area contributed by atoms with E-state index in [0.29, 0.717) is 0 Å². The van der Waals surface area contributed by atoms with Crippen molar-refractivity contribution in [1.29, 1.82) is 0 Å². The van der Waals surface area contributed by atoms with Crippen molar-refractivity contribution in [3.05, 3.63) is 121 Å². The van der Waals surface area contributed by atoms with E-state index in [0.717, 1.165) is 6.54 Å². The number of hydrogen-bond donors (Lipinski definition) is 0. The van der Waals surface area contributed by atoms with Gasteiger partial charge in [-0.15, -0.1) is 0 Å². The third-order valence-corrected chi connectivity index (χ3v) is 7.77. The number of benzene rings is 4. The molecule has 4 aromatic carbocycles. The molecule has 1 fully saturated rings. The second-order valence-corrected chi connectivity index (χ2v) is 9.96. The Morgan fingerprint density at radius 1 is 0.472 bits per heavy atom. The van der Waals surface area contributed by atoms with Crippen LogP contribution >= 0.6 is 0 Å². The van der Waals surface area contributed by atoms with Crippen LogP contribution in [0.3, 0.4) is 0 Å². The van der Waals surface area contributed by atoms with Crippen LogP contribution < -0.4 is 21.9 Å². The molecule has 36 heavy (non-hydrogen) atoms. The highest BCUT2D eigenvalue weighted by atomic mass is 15.2. The lowest BCUT2D eigenvalue weighted by Gasteiger charge is -2.44. The number of amidine groups is 1. The van der Waals surface area contributed by atoms with Crippen molar-refractivity contribution in [3.63, 3.8) is 0 Å². The van der Waals surface area contributed by atoms with Crippen molar-refractivity contribution < 1.29 is 0 Å². The van der Waals surface area contributed by atoms with Gasteiger partial charge in [0.15, 0.2) is 0 Å². The van der Waals surface area contributed by atoms with E-state index in [9.17, 15) is 0 Å². The van der Waals surface area contributed by atoms with Crippen molar-refractivity contribution in [1.82, 2.24) is 4.90 Å². The molecule has 0 unspecified atom stereocenters. The molecule has 0 N–H and O–H groups in total. The third-order valence-electron chi connectivity index (χ3n) is 7.77. The first-order valence-electron chi connectivity index (χ1n) is 13.5. The van der Waals surface area contributed by atoms with Gasteiger partial charge in [-0.1, -0.05) is 128 Å². The van der Waals surface area contributed by atoms with Crippen LogP contribution in [0, 0.1) is 0 Å². The summed E-state index contributed by atoms with van der Waals surface area (Å²) in [5.74, 6) is 1.40. The molecule has 2 aliphatic heterocycles. The van der Waals surface area contributed by atoms with Crippen LogP contribution in [0.4, 0.5) is 0 Å². The van der Waals surface area contributed by atoms with Gasteiger partial charge >= 0.3 is 0 Å². The van der Waals surface area contributed by atoms with E-state index < -0.39 is 6.15 Å². The Bertz CT molecular complexity index is 1060. The first-order valence-corrected chi connectivity index (χ1v) is 13.5. The minimum atomic E-state index is -1.22. The fraction of sp³-hybridized carbons (Fsp3) is 0.242. The molecule has 0 aromatic heterocycles. The van der Waals surface area contributed by atoms with Gasteiger partial charge in [0.1, 0.15) is 6.15 Å². The Labute approximate surface area is 216 Å². The number of nitrogens with zero attached hydrogens (tertiary/aromatic N) is 2. The third kappa shape index (κ3) is 5.16. The van der Waals surface area contributed by atoms with Gasteiger partial charge in [0.2, 0.25) is 0 Å². The molecule has 2 nitrogen and oxygen atoms in total. The summed E-state index contributed by atoms with van der Waals surface area (Å²) in [6.07, 6.45) is 5.42. The zero-order valence-corrected chi connectivity index (χ0v) is 21.2. The molecular formula is C33H36BN2-. The van der Waals surface area contributed by atoms with E-state index in [1.165, 1.54) is 72.9 Å². The predicted octanol–water partition coefficient (Wildman–Crippen LogP) is 4.73. The number of aliphatic imine (C=N–C) groups is 1. The molecule has 6 rings (SSSR count). The highest BCUT2D eigenvalue weighted by Crippen LogP contribution is 2.15. The summed E-state index contributed by atoms with van der Waals surface area (Å²) >= 11 is 0. The molecule has 0 radical (unpaired) electrons. The Balaban J connectivity index is 0.000000202. The number of hydrogen-bond acceptors (Lipinski definition) is 2. The summed E-state index contributed by atoms with van der Waals surface area (Å²) in [6.45, 7) is 3.60. The van der Waals surface area contributed by atoms with Gasteiger partial charge < -0.3 is 4.90 Å². The first kappa shape index (κ1) is 24.1. The van der Waals surface area contributed by atoms with Crippen LogP contribution in [-0.4, -0.2) is 36.5 Å². The van der Waals surface area contributed by atoms with Gasteiger partial charge in [-0.25, -0.2) is 0 Å². The van der Waals surface area contributed by atoms with Gasteiger partial charge in [0.05, 0.1) is 5.84 Å². The quantitative estimate of drug-likeness (QED) is 0.393. The Morgan fingerprint density at radius 2 is 0.889 bits per heavy atom. The SMILES string of the molecule is C1CCC2=NCCCN2CC1.c1ccc([B-](c2ccccc2)(c2ccccc2)c2ccccc2)cc1. The van der Waals surface area contributed by atoms with Gasteiger partial charge in [-0.05, 0) is 19.3 Å². The second kappa shape index (κ2) is 11.9. The maximum atomic E-state index is 4.55. The van der Waals surface area contributed by atoms with Crippen molar-refractivity contribution in [2.45, 2.75) is 32.1 Å². The van der Waals surface area contributed by atoms with Crippen LogP contribution in [-0.2, 0) is 0 Å². The molecule has 0 spiro atoms. The summed E-state index contributed by atoms with van der Waals surface area (Å²) in [5, 5.41) is 0. The van der Waals surface area contributed by atoms with E-state index in [1.54, 1.807) is 0 Å². The largest absolute Gasteiger partial charge is 0.360 e. The lowest BCUT2D eigenvalue weighted by atomic mass is 9.13. The summed E-state index contributed by atoms with van der Waals surface area (Å²) < 4.78 is 0. The highest BCUT2D eigenvalue weighted by molar-refractivity contribution is 7.19. The zero-order valence-electron chi connectivity index (χ0n) is 21.2. The fourth-order valence-corrected chi connectivity index (χ4v) is 6.06. The average Bonchev–Trinajstić information content (AvgIpc) is 3.22. The summed E-state index contributed by atoms with van der Waals surface area (Å²) in [6, 6.07) is 43.5. The minimum Gasteiger partial charge on any atom is -0.360 e. The van der Waals surface area contributed by atoms with E-state index in [2.05, 4.69) is 131 Å². The van der Waals surface area contributed by atoms with Crippen LogP contribution in [0.5, 0.6) is 0 Å². The molecule has 0 aliphatic carbocycles. The molecule has 182 valence electrons. The molecule has 1 saturated heterocycles. The van der Waals surface area contributed by atoms with Crippen molar-refractivity contribution in [2.24, 2.45) is 4.99 Å². The Morgan fingerprint density at radius 3 is 1.33 bits per heavy atom. The molecule has 0 atom stereocenters. The second-order valence-electron chi connectivity index (χ2n) is 9.96. The molecule has 0 amide bonds. The van der Waals surface area contributed by atoms with E-state index in [4.69, 9.17) is 0 Å². The molecule has 3 heteroatoms. The maximum Gasteiger partial charge on any atom is 0.108 e. The normalized spacial score (nSPS) is 15.6. The zero-order chi connectivity index (χ0) is 24.5. The minimum absolute atomic E-state index is 1.08. The smallest absolute Gasteiger partial charge is 0.108 e. The van der Waals surface area contributed by atoms with Gasteiger partial charge in [0.25, 0.3) is 0 Å². The van der Waals surface area contributed by atoms with E-state index in [1.807, 2.05) is 0 Å². The Kier molecular flexibility index (Phi) is 7.98. The molecular weight excluding hydrogens is 435 g/mol. The monoisotopic (exact) mass is 471 g/mol. The topological polar surface area (TPSA) is 15.6 Å². The fourth-order valence-electron chi connectivity index (χ4n) is 6.06. The molecule has 2 aliphatic rings.